The van der Waals surface area contributed by atoms with Crippen molar-refractivity contribution in [2.24, 2.45) is 10.8 Å². The minimum atomic E-state index is -4.04. The Morgan fingerprint density at radius 3 is 1.46 bits per heavy atom. The van der Waals surface area contributed by atoms with E-state index in [0.717, 1.165) is 6.42 Å². The van der Waals surface area contributed by atoms with Gasteiger partial charge in [0.2, 0.25) is 0 Å². The monoisotopic (exact) mass is 414 g/mol. The SMILES string of the molecule is CC(C)(C)CCC(=O)CCC(=O)CCC(C)(C)CS(=O)(=O)O.O=S(=O)=O. The van der Waals surface area contributed by atoms with E-state index in [2.05, 4.69) is 20.8 Å². The van der Waals surface area contributed by atoms with Crippen molar-refractivity contribution >= 4 is 32.3 Å². The summed E-state index contributed by atoms with van der Waals surface area (Å²) in [4.78, 5) is 23.5. The standard InChI is InChI=1S/C16H30O5S.O3S/c1-15(2,3)10-8-13(17)6-7-14(18)9-11-16(4,5)12-22(19,20)21;1-4(2)3/h6-12H2,1-5H3,(H,19,20,21);. The molecule has 8 nitrogen and oxygen atoms in total. The predicted molar refractivity (Wildman–Crippen MR) is 97.1 cm³/mol. The van der Waals surface area contributed by atoms with Crippen LogP contribution in [0.3, 0.4) is 0 Å². The van der Waals surface area contributed by atoms with Crippen LogP contribution >= 0.6 is 0 Å². The topological polar surface area (TPSA) is 140 Å². The summed E-state index contributed by atoms with van der Waals surface area (Å²) in [5.74, 6) is -0.300. The van der Waals surface area contributed by atoms with Crippen molar-refractivity contribution in [2.75, 3.05) is 5.75 Å². The van der Waals surface area contributed by atoms with Crippen molar-refractivity contribution < 1.29 is 35.2 Å². The Balaban J connectivity index is 0. The maximum absolute atomic E-state index is 11.8. The van der Waals surface area contributed by atoms with E-state index in [1.165, 1.54) is 0 Å². The van der Waals surface area contributed by atoms with Gasteiger partial charge >= 0.3 is 10.6 Å². The Morgan fingerprint density at radius 2 is 1.15 bits per heavy atom. The van der Waals surface area contributed by atoms with Crippen LogP contribution in [0, 0.1) is 10.8 Å². The van der Waals surface area contributed by atoms with Crippen molar-refractivity contribution in [2.45, 2.75) is 73.1 Å². The van der Waals surface area contributed by atoms with Crippen LogP contribution in [0.25, 0.3) is 0 Å². The molecule has 10 heteroatoms. The van der Waals surface area contributed by atoms with Crippen LogP contribution in [0.15, 0.2) is 0 Å². The van der Waals surface area contributed by atoms with Crippen LogP contribution in [-0.4, -0.2) is 42.9 Å². The minimum Gasteiger partial charge on any atom is -0.300 e. The summed E-state index contributed by atoms with van der Waals surface area (Å²) >= 11 is 0. The largest absolute Gasteiger partial charge is 0.425 e. The van der Waals surface area contributed by atoms with E-state index in [1.54, 1.807) is 13.8 Å². The summed E-state index contributed by atoms with van der Waals surface area (Å²) in [5.41, 5.74) is -0.543. The summed E-state index contributed by atoms with van der Waals surface area (Å²) < 4.78 is 56.0. The Bertz CT molecular complexity index is 660. The molecule has 0 bridgehead atoms. The van der Waals surface area contributed by atoms with E-state index in [9.17, 15) is 18.0 Å². The number of ketones is 2. The number of hydrogen-bond acceptors (Lipinski definition) is 7. The van der Waals surface area contributed by atoms with E-state index in [0.29, 0.717) is 12.8 Å². The fraction of sp³-hybridized carbons (Fsp3) is 0.875. The zero-order valence-corrected chi connectivity index (χ0v) is 17.7. The fourth-order valence-corrected chi connectivity index (χ4v) is 3.22. The molecule has 0 radical (unpaired) electrons. The first-order valence-electron chi connectivity index (χ1n) is 8.19. The molecule has 0 amide bonds. The molecule has 0 unspecified atom stereocenters. The lowest BCUT2D eigenvalue weighted by atomic mass is 9.87. The molecule has 0 rings (SSSR count). The molecule has 26 heavy (non-hydrogen) atoms. The highest BCUT2D eigenvalue weighted by Gasteiger charge is 2.25. The molecular weight excluding hydrogens is 384 g/mol. The van der Waals surface area contributed by atoms with Crippen LogP contribution in [0.2, 0.25) is 0 Å². The van der Waals surface area contributed by atoms with Gasteiger partial charge in [0.1, 0.15) is 11.6 Å². The summed E-state index contributed by atoms with van der Waals surface area (Å²) in [6, 6.07) is 0. The average molecular weight is 415 g/mol. The van der Waals surface area contributed by atoms with Crippen molar-refractivity contribution in [1.82, 2.24) is 0 Å². The molecule has 0 atom stereocenters. The van der Waals surface area contributed by atoms with E-state index < -0.39 is 26.1 Å². The van der Waals surface area contributed by atoms with Gasteiger partial charge in [0.05, 0.1) is 5.75 Å². The second-order valence-electron chi connectivity index (χ2n) is 8.23. The second-order valence-corrected chi connectivity index (χ2v) is 10.1. The second kappa shape index (κ2) is 11.6. The molecule has 0 aromatic carbocycles. The smallest absolute Gasteiger partial charge is 0.300 e. The number of hydrogen-bond donors (Lipinski definition) is 1. The quantitative estimate of drug-likeness (QED) is 0.537. The van der Waals surface area contributed by atoms with E-state index in [1.807, 2.05) is 0 Å². The predicted octanol–water partition coefficient (Wildman–Crippen LogP) is 2.42. The third-order valence-electron chi connectivity index (χ3n) is 3.49. The highest BCUT2D eigenvalue weighted by atomic mass is 32.2. The van der Waals surface area contributed by atoms with Gasteiger partial charge in [0, 0.05) is 25.7 Å². The zero-order chi connectivity index (χ0) is 21.2. The number of Topliss-reactive ketones (excluding diaryl/α,β-unsaturated/α-hetero) is 2. The van der Waals surface area contributed by atoms with Crippen LogP contribution in [0.1, 0.15) is 73.1 Å². The molecule has 0 aliphatic carbocycles. The zero-order valence-electron chi connectivity index (χ0n) is 16.1. The number of carbonyl (C=O) groups is 2. The Kier molecular flexibility index (Phi) is 12.0. The molecule has 0 aromatic rings. The molecular formula is C16H30O8S2. The molecule has 1 N–H and O–H groups in total. The summed E-state index contributed by atoms with van der Waals surface area (Å²) in [6.07, 6.45) is 2.38. The Morgan fingerprint density at radius 1 is 0.808 bits per heavy atom. The number of rotatable bonds is 10. The maximum Gasteiger partial charge on any atom is 0.425 e. The van der Waals surface area contributed by atoms with Gasteiger partial charge in [-0.3, -0.25) is 14.1 Å². The normalized spacial score (nSPS) is 12.1. The molecule has 0 heterocycles. The van der Waals surface area contributed by atoms with Gasteiger partial charge in [-0.2, -0.15) is 8.42 Å². The van der Waals surface area contributed by atoms with Crippen LogP contribution < -0.4 is 0 Å². The van der Waals surface area contributed by atoms with Gasteiger partial charge in [0.25, 0.3) is 10.1 Å². The van der Waals surface area contributed by atoms with Gasteiger partial charge in [-0.15, -0.1) is 12.6 Å². The maximum atomic E-state index is 11.8. The van der Waals surface area contributed by atoms with E-state index in [-0.39, 0.29) is 42.0 Å². The van der Waals surface area contributed by atoms with Crippen molar-refractivity contribution in [3.05, 3.63) is 0 Å². The first-order valence-corrected chi connectivity index (χ1v) is 10.8. The Hall–Kier alpha value is -1.13. The molecule has 0 aliphatic heterocycles. The van der Waals surface area contributed by atoms with Gasteiger partial charge < -0.3 is 0 Å². The van der Waals surface area contributed by atoms with Crippen molar-refractivity contribution in [3.63, 3.8) is 0 Å². The molecule has 0 fully saturated rings. The molecule has 0 saturated heterocycles. The van der Waals surface area contributed by atoms with Gasteiger partial charge in [-0.05, 0) is 23.7 Å². The summed E-state index contributed by atoms with van der Waals surface area (Å²) in [5, 5.41) is 0. The van der Waals surface area contributed by atoms with Gasteiger partial charge in [-0.1, -0.05) is 34.6 Å². The third-order valence-corrected chi connectivity index (χ3v) is 4.64. The lowest BCUT2D eigenvalue weighted by molar-refractivity contribution is -0.124. The van der Waals surface area contributed by atoms with Crippen molar-refractivity contribution in [3.8, 4) is 0 Å². The highest BCUT2D eigenvalue weighted by Crippen LogP contribution is 2.25. The summed E-state index contributed by atoms with van der Waals surface area (Å²) in [7, 11) is -7.15. The van der Waals surface area contributed by atoms with Crippen molar-refractivity contribution in [1.29, 1.82) is 0 Å². The first-order chi connectivity index (χ1) is 11.4. The van der Waals surface area contributed by atoms with Crippen LogP contribution in [0.5, 0.6) is 0 Å². The lowest BCUT2D eigenvalue weighted by Gasteiger charge is -2.22. The highest BCUT2D eigenvalue weighted by molar-refractivity contribution is 7.85. The molecule has 0 saturated carbocycles. The minimum absolute atomic E-state index is 0.0347. The van der Waals surface area contributed by atoms with Gasteiger partial charge in [-0.25, -0.2) is 0 Å². The van der Waals surface area contributed by atoms with Crippen LogP contribution in [0.4, 0.5) is 0 Å². The number of carbonyl (C=O) groups excluding carboxylic acids is 2. The van der Waals surface area contributed by atoms with E-state index >= 15 is 0 Å². The van der Waals surface area contributed by atoms with Gasteiger partial charge in [0.15, 0.2) is 0 Å². The van der Waals surface area contributed by atoms with E-state index in [4.69, 9.17) is 17.2 Å². The average Bonchev–Trinajstić information content (AvgIpc) is 2.36. The molecule has 154 valence electrons. The lowest BCUT2D eigenvalue weighted by Crippen LogP contribution is -2.24. The molecule has 0 aliphatic rings. The fourth-order valence-electron chi connectivity index (χ4n) is 2.09. The molecule has 0 spiro atoms. The first kappa shape index (κ1) is 27.1. The molecule has 0 aromatic heterocycles. The Labute approximate surface area is 157 Å². The summed E-state index contributed by atoms with van der Waals surface area (Å²) in [6.45, 7) is 9.61. The van der Waals surface area contributed by atoms with Crippen LogP contribution in [-0.2, 0) is 30.3 Å². The third kappa shape index (κ3) is 22.9.